The first-order valence-corrected chi connectivity index (χ1v) is 9.80. The number of aryl methyl sites for hydroxylation is 1. The molecule has 0 amide bonds. The topological polar surface area (TPSA) is 73.8 Å². The van der Waals surface area contributed by atoms with E-state index in [2.05, 4.69) is 15.2 Å². The minimum atomic E-state index is -0.128. The van der Waals surface area contributed by atoms with Crippen LogP contribution in [-0.4, -0.2) is 19.7 Å². The van der Waals surface area contributed by atoms with Gasteiger partial charge in [0.2, 0.25) is 5.89 Å². The van der Waals surface area contributed by atoms with Crippen LogP contribution in [0.3, 0.4) is 0 Å². The molecule has 6 nitrogen and oxygen atoms in total. The Morgan fingerprint density at radius 1 is 1.27 bits per heavy atom. The Balaban J connectivity index is 1.65. The van der Waals surface area contributed by atoms with Gasteiger partial charge >= 0.3 is 0 Å². The summed E-state index contributed by atoms with van der Waals surface area (Å²) in [6, 6.07) is 9.59. The molecule has 0 saturated heterocycles. The van der Waals surface area contributed by atoms with Crippen LogP contribution in [0.2, 0.25) is 0 Å². The number of thioether (sulfide) groups is 1. The van der Waals surface area contributed by atoms with Crippen LogP contribution >= 0.6 is 23.1 Å². The third kappa shape index (κ3) is 3.06. The average molecular weight is 384 g/mol. The number of fused-ring (bicyclic) bond motifs is 1. The van der Waals surface area contributed by atoms with Crippen LogP contribution in [0.5, 0.6) is 0 Å². The molecule has 4 aromatic rings. The van der Waals surface area contributed by atoms with Gasteiger partial charge in [-0.1, -0.05) is 29.5 Å². The Labute approximate surface area is 157 Å². The summed E-state index contributed by atoms with van der Waals surface area (Å²) in [7, 11) is 1.73. The van der Waals surface area contributed by atoms with Crippen molar-refractivity contribution in [2.24, 2.45) is 7.05 Å². The molecule has 3 aromatic heterocycles. The van der Waals surface area contributed by atoms with Gasteiger partial charge < -0.3 is 4.42 Å². The summed E-state index contributed by atoms with van der Waals surface area (Å²) in [5.74, 6) is 1.02. The van der Waals surface area contributed by atoms with Gasteiger partial charge in [-0.3, -0.25) is 9.36 Å². The molecule has 0 N–H and O–H groups in total. The maximum absolute atomic E-state index is 12.6. The van der Waals surface area contributed by atoms with Crippen LogP contribution in [0, 0.1) is 6.92 Å². The number of thiophene rings is 1. The minimum absolute atomic E-state index is 0.0572. The highest BCUT2D eigenvalue weighted by Crippen LogP contribution is 2.34. The van der Waals surface area contributed by atoms with Gasteiger partial charge in [-0.05, 0) is 37.4 Å². The Bertz CT molecular complexity index is 1130. The zero-order valence-corrected chi connectivity index (χ0v) is 16.1. The van der Waals surface area contributed by atoms with Crippen LogP contribution < -0.4 is 5.56 Å². The minimum Gasteiger partial charge on any atom is -0.419 e. The lowest BCUT2D eigenvalue weighted by molar-refractivity contribution is 0.509. The summed E-state index contributed by atoms with van der Waals surface area (Å²) in [5.41, 5.74) is 1.67. The number of hydrogen-bond acceptors (Lipinski definition) is 7. The average Bonchev–Trinajstić information content (AvgIpc) is 3.31. The van der Waals surface area contributed by atoms with Crippen molar-refractivity contribution in [3.05, 3.63) is 57.5 Å². The van der Waals surface area contributed by atoms with E-state index in [1.165, 1.54) is 11.8 Å². The second kappa shape index (κ2) is 6.69. The molecule has 3 heterocycles. The van der Waals surface area contributed by atoms with Gasteiger partial charge in [0.15, 0.2) is 5.16 Å². The van der Waals surface area contributed by atoms with E-state index in [1.54, 1.807) is 23.0 Å². The normalized spacial score (nSPS) is 12.6. The summed E-state index contributed by atoms with van der Waals surface area (Å²) < 4.78 is 7.36. The second-order valence-electron chi connectivity index (χ2n) is 5.96. The second-order valence-corrected chi connectivity index (χ2v) is 8.22. The molecule has 1 atom stereocenters. The summed E-state index contributed by atoms with van der Waals surface area (Å²) in [4.78, 5) is 18.2. The smallest absolute Gasteiger partial charge is 0.261 e. The van der Waals surface area contributed by atoms with Crippen molar-refractivity contribution in [2.45, 2.75) is 24.3 Å². The SMILES string of the molecule is Cc1ccc2nc(SC(C)c3nnc(-c4cccs4)o3)n(C)c(=O)c2c1. The van der Waals surface area contributed by atoms with Gasteiger partial charge in [-0.15, -0.1) is 21.5 Å². The fourth-order valence-electron chi connectivity index (χ4n) is 2.58. The molecule has 0 bridgehead atoms. The first-order valence-electron chi connectivity index (χ1n) is 8.04. The zero-order chi connectivity index (χ0) is 18.3. The molecule has 132 valence electrons. The predicted molar refractivity (Wildman–Crippen MR) is 104 cm³/mol. The molecule has 0 fully saturated rings. The number of benzene rings is 1. The van der Waals surface area contributed by atoms with Gasteiger partial charge in [0.25, 0.3) is 11.4 Å². The first kappa shape index (κ1) is 17.0. The number of hydrogen-bond donors (Lipinski definition) is 0. The molecule has 8 heteroatoms. The lowest BCUT2D eigenvalue weighted by Crippen LogP contribution is -2.20. The molecule has 0 saturated carbocycles. The van der Waals surface area contributed by atoms with E-state index in [1.807, 2.05) is 49.6 Å². The maximum atomic E-state index is 12.6. The van der Waals surface area contributed by atoms with Crippen molar-refractivity contribution in [1.29, 1.82) is 0 Å². The standard InChI is InChI=1S/C18H16N4O2S2/c1-10-6-7-13-12(9-10)17(23)22(3)18(19-13)26-11(2)15-20-21-16(24-15)14-5-4-8-25-14/h4-9,11H,1-3H3. The maximum Gasteiger partial charge on any atom is 0.261 e. The van der Waals surface area contributed by atoms with Crippen molar-refractivity contribution < 1.29 is 4.42 Å². The molecular weight excluding hydrogens is 368 g/mol. The van der Waals surface area contributed by atoms with Crippen molar-refractivity contribution in [1.82, 2.24) is 19.7 Å². The molecule has 1 aromatic carbocycles. The van der Waals surface area contributed by atoms with Crippen LogP contribution in [0.15, 0.2) is 50.1 Å². The molecule has 0 aliphatic heterocycles. The fraction of sp³-hybridized carbons (Fsp3) is 0.222. The van der Waals surface area contributed by atoms with Crippen LogP contribution in [0.4, 0.5) is 0 Å². The highest BCUT2D eigenvalue weighted by molar-refractivity contribution is 7.99. The Kier molecular flexibility index (Phi) is 4.37. The van der Waals surface area contributed by atoms with Crippen molar-refractivity contribution in [2.75, 3.05) is 0 Å². The van der Waals surface area contributed by atoms with Gasteiger partial charge in [-0.25, -0.2) is 4.98 Å². The fourth-order valence-corrected chi connectivity index (χ4v) is 4.13. The Morgan fingerprint density at radius 2 is 2.12 bits per heavy atom. The van der Waals surface area contributed by atoms with E-state index in [9.17, 15) is 4.79 Å². The zero-order valence-electron chi connectivity index (χ0n) is 14.5. The van der Waals surface area contributed by atoms with Gasteiger partial charge in [0.05, 0.1) is 21.0 Å². The van der Waals surface area contributed by atoms with E-state index < -0.39 is 0 Å². The Hall–Kier alpha value is -2.45. The predicted octanol–water partition coefficient (Wildman–Crippen LogP) is 4.21. The molecule has 0 radical (unpaired) electrons. The lowest BCUT2D eigenvalue weighted by atomic mass is 10.2. The molecule has 0 spiro atoms. The van der Waals surface area contributed by atoms with E-state index >= 15 is 0 Å². The summed E-state index contributed by atoms with van der Waals surface area (Å²) in [6.07, 6.45) is 0. The quantitative estimate of drug-likeness (QED) is 0.388. The van der Waals surface area contributed by atoms with E-state index in [4.69, 9.17) is 4.42 Å². The Morgan fingerprint density at radius 3 is 2.88 bits per heavy atom. The van der Waals surface area contributed by atoms with Crippen LogP contribution in [0.25, 0.3) is 21.7 Å². The number of aromatic nitrogens is 4. The highest BCUT2D eigenvalue weighted by atomic mass is 32.2. The third-order valence-electron chi connectivity index (χ3n) is 3.99. The van der Waals surface area contributed by atoms with Gasteiger partial charge in [-0.2, -0.15) is 0 Å². The van der Waals surface area contributed by atoms with Crippen LogP contribution in [0.1, 0.15) is 23.6 Å². The molecular formula is C18H16N4O2S2. The summed E-state index contributed by atoms with van der Waals surface area (Å²) in [6.45, 7) is 3.92. The van der Waals surface area contributed by atoms with E-state index in [0.717, 1.165) is 10.4 Å². The summed E-state index contributed by atoms with van der Waals surface area (Å²) in [5, 5.41) is 11.3. The van der Waals surface area contributed by atoms with Gasteiger partial charge in [0, 0.05) is 7.05 Å². The van der Waals surface area contributed by atoms with Crippen molar-refractivity contribution in [3.8, 4) is 10.8 Å². The lowest BCUT2D eigenvalue weighted by Gasteiger charge is -2.11. The van der Waals surface area contributed by atoms with Crippen LogP contribution in [-0.2, 0) is 7.05 Å². The monoisotopic (exact) mass is 384 g/mol. The highest BCUT2D eigenvalue weighted by Gasteiger charge is 2.19. The number of nitrogens with zero attached hydrogens (tertiary/aromatic N) is 4. The largest absolute Gasteiger partial charge is 0.419 e. The van der Waals surface area contributed by atoms with E-state index in [0.29, 0.717) is 27.8 Å². The molecule has 0 aliphatic carbocycles. The summed E-state index contributed by atoms with van der Waals surface area (Å²) >= 11 is 2.98. The van der Waals surface area contributed by atoms with Crippen molar-refractivity contribution >= 4 is 34.0 Å². The van der Waals surface area contributed by atoms with Gasteiger partial charge in [0.1, 0.15) is 0 Å². The first-order chi connectivity index (χ1) is 12.5. The third-order valence-corrected chi connectivity index (χ3v) is 5.98. The molecule has 26 heavy (non-hydrogen) atoms. The molecule has 1 unspecified atom stereocenters. The molecule has 0 aliphatic rings. The number of rotatable bonds is 4. The van der Waals surface area contributed by atoms with E-state index in [-0.39, 0.29) is 10.8 Å². The molecule has 4 rings (SSSR count). The van der Waals surface area contributed by atoms with Crippen molar-refractivity contribution in [3.63, 3.8) is 0 Å².